The summed E-state index contributed by atoms with van der Waals surface area (Å²) in [4.78, 5) is 37.1. The summed E-state index contributed by atoms with van der Waals surface area (Å²) in [6.45, 7) is 0.757. The zero-order chi connectivity index (χ0) is 24.8. The van der Waals surface area contributed by atoms with E-state index < -0.39 is 12.5 Å². The maximum Gasteiger partial charge on any atom is 0.167 e. The molecule has 0 fully saturated rings. The van der Waals surface area contributed by atoms with Crippen LogP contribution >= 0.6 is 0 Å². The van der Waals surface area contributed by atoms with Gasteiger partial charge in [0.1, 0.15) is 23.1 Å². The number of aromatic hydroxyl groups is 1. The van der Waals surface area contributed by atoms with Gasteiger partial charge in [-0.25, -0.2) is 0 Å². The molecule has 194 valence electrons. The summed E-state index contributed by atoms with van der Waals surface area (Å²) in [5.41, 5.74) is 2.82. The van der Waals surface area contributed by atoms with Gasteiger partial charge in [-0.2, -0.15) is 0 Å². The predicted molar refractivity (Wildman–Crippen MR) is 135 cm³/mol. The average Bonchev–Trinajstić information content (AvgIpc) is 2.79. The lowest BCUT2D eigenvalue weighted by molar-refractivity contribution is -0.131. The number of aliphatic hydroxyl groups is 2. The van der Waals surface area contributed by atoms with E-state index in [1.165, 1.54) is 13.0 Å². The van der Waals surface area contributed by atoms with Gasteiger partial charge in [-0.3, -0.25) is 14.4 Å². The molecular weight excluding hydrogens is 452 g/mol. The van der Waals surface area contributed by atoms with Crippen molar-refractivity contribution in [3.63, 3.8) is 0 Å². The number of carbonyl (C=O) groups excluding carboxylic acids is 3. The first-order chi connectivity index (χ1) is 16.3. The molecule has 1 aliphatic rings. The zero-order valence-electron chi connectivity index (χ0n) is 20.1. The van der Waals surface area contributed by atoms with Gasteiger partial charge in [0.2, 0.25) is 0 Å². The molecule has 8 heteroatoms. The Morgan fingerprint density at radius 1 is 1.11 bits per heavy atom. The molecule has 0 aliphatic heterocycles. The molecule has 0 amide bonds. The van der Waals surface area contributed by atoms with Gasteiger partial charge in [-0.1, -0.05) is 18.2 Å². The average molecular weight is 491 g/mol. The van der Waals surface area contributed by atoms with E-state index in [0.717, 1.165) is 16.7 Å². The Hall–Kier alpha value is -3.07. The number of fused-ring (bicyclic) bond motifs is 1. The first-order valence-corrected chi connectivity index (χ1v) is 11.5. The molecule has 0 saturated carbocycles. The Bertz CT molecular complexity index is 1060. The Labute approximate surface area is 207 Å². The molecule has 1 aliphatic carbocycles. The highest BCUT2D eigenvalue weighted by Gasteiger charge is 2.35. The minimum atomic E-state index is -0.766. The number of ether oxygens (including phenoxy) is 1. The summed E-state index contributed by atoms with van der Waals surface area (Å²) < 4.78 is 5.23. The van der Waals surface area contributed by atoms with Crippen molar-refractivity contribution in [2.24, 2.45) is 17.8 Å². The number of methoxy groups -OCH3 is 1. The lowest BCUT2D eigenvalue weighted by Gasteiger charge is -2.31. The van der Waals surface area contributed by atoms with Crippen LogP contribution in [0.3, 0.4) is 0 Å². The minimum absolute atomic E-state index is 0. The Balaban J connectivity index is 0.00000432. The van der Waals surface area contributed by atoms with Crippen molar-refractivity contribution in [3.05, 3.63) is 47.5 Å². The first-order valence-electron chi connectivity index (χ1n) is 11.5. The molecule has 3 rings (SSSR count). The number of aliphatic hydroxyl groups excluding tert-OH is 2. The van der Waals surface area contributed by atoms with Gasteiger partial charge in [-0.15, -0.1) is 0 Å². The van der Waals surface area contributed by atoms with Gasteiger partial charge in [0.05, 0.1) is 25.7 Å². The molecular formula is C27H38O8. The second-order valence-corrected chi connectivity index (χ2v) is 9.05. The highest BCUT2D eigenvalue weighted by Crippen LogP contribution is 2.41. The predicted octanol–water partition coefficient (Wildman–Crippen LogP) is 3.03. The summed E-state index contributed by atoms with van der Waals surface area (Å²) in [6.07, 6.45) is 1.19. The molecule has 0 bridgehead atoms. The van der Waals surface area contributed by atoms with Crippen LogP contribution in [0.15, 0.2) is 36.4 Å². The highest BCUT2D eigenvalue weighted by molar-refractivity contribution is 6.03. The molecule has 0 aromatic heterocycles. The zero-order valence-corrected chi connectivity index (χ0v) is 20.1. The summed E-state index contributed by atoms with van der Waals surface area (Å²) >= 11 is 0. The van der Waals surface area contributed by atoms with Crippen molar-refractivity contribution in [1.29, 1.82) is 0 Å². The van der Waals surface area contributed by atoms with Crippen LogP contribution in [0.1, 0.15) is 51.4 Å². The van der Waals surface area contributed by atoms with Crippen LogP contribution in [-0.4, -0.2) is 58.5 Å². The van der Waals surface area contributed by atoms with Gasteiger partial charge in [0, 0.05) is 21.8 Å². The van der Waals surface area contributed by atoms with Crippen LogP contribution in [0, 0.1) is 17.8 Å². The van der Waals surface area contributed by atoms with Crippen molar-refractivity contribution in [2.75, 3.05) is 20.3 Å². The first kappa shape index (κ1) is 28.2. The minimum Gasteiger partial charge on any atom is -0.507 e. The van der Waals surface area contributed by atoms with E-state index >= 15 is 0 Å². The van der Waals surface area contributed by atoms with Crippen molar-refractivity contribution >= 4 is 17.3 Å². The van der Waals surface area contributed by atoms with Crippen LogP contribution < -0.4 is 4.74 Å². The normalized spacial score (nSPS) is 16.6. The molecule has 0 radical (unpaired) electrons. The van der Waals surface area contributed by atoms with E-state index in [1.54, 1.807) is 13.2 Å². The van der Waals surface area contributed by atoms with Gasteiger partial charge < -0.3 is 25.5 Å². The van der Waals surface area contributed by atoms with Crippen LogP contribution in [0.2, 0.25) is 0 Å². The molecule has 35 heavy (non-hydrogen) atoms. The highest BCUT2D eigenvalue weighted by atomic mass is 16.5. The van der Waals surface area contributed by atoms with Gasteiger partial charge >= 0.3 is 0 Å². The number of hydrogen-bond acceptors (Lipinski definition) is 7. The van der Waals surface area contributed by atoms with E-state index in [9.17, 15) is 29.7 Å². The van der Waals surface area contributed by atoms with E-state index in [1.807, 2.05) is 24.3 Å². The van der Waals surface area contributed by atoms with Crippen LogP contribution in [-0.2, 0) is 16.0 Å². The third kappa shape index (κ3) is 6.54. The van der Waals surface area contributed by atoms with Crippen molar-refractivity contribution in [2.45, 2.75) is 39.0 Å². The Morgan fingerprint density at radius 3 is 2.37 bits per heavy atom. The summed E-state index contributed by atoms with van der Waals surface area (Å²) in [6, 6.07) is 10.8. The smallest absolute Gasteiger partial charge is 0.167 e. The lowest BCUT2D eigenvalue weighted by Crippen LogP contribution is -2.32. The fourth-order valence-corrected chi connectivity index (χ4v) is 5.06. The Morgan fingerprint density at radius 2 is 1.80 bits per heavy atom. The van der Waals surface area contributed by atoms with E-state index in [0.29, 0.717) is 24.2 Å². The number of hydrogen-bond donors (Lipinski definition) is 3. The summed E-state index contributed by atoms with van der Waals surface area (Å²) in [5.74, 6) is -1.37. The van der Waals surface area contributed by atoms with Crippen molar-refractivity contribution in [3.8, 4) is 22.6 Å². The van der Waals surface area contributed by atoms with Crippen molar-refractivity contribution in [1.82, 2.24) is 0 Å². The second kappa shape index (κ2) is 12.6. The number of Topliss-reactive ketones (excluding diaryl/α,β-unsaturated/α-hetero) is 3. The molecule has 8 nitrogen and oxygen atoms in total. The molecule has 2 aromatic rings. The number of carbonyl (C=O) groups is 3. The SMILES string of the molecule is COc1ccc(-c2ccc(O)c3c2CC(CC(CCO)C(CO)C(=O)CC(C)=O)CC3=O)cc1.O.[HH].[HH]. The van der Waals surface area contributed by atoms with E-state index in [-0.39, 0.29) is 69.1 Å². The molecule has 3 unspecified atom stereocenters. The maximum absolute atomic E-state index is 13.1. The van der Waals surface area contributed by atoms with Gasteiger partial charge in [0.15, 0.2) is 5.78 Å². The topological polar surface area (TPSA) is 153 Å². The molecule has 0 spiro atoms. The molecule has 5 N–H and O–H groups in total. The van der Waals surface area contributed by atoms with E-state index in [2.05, 4.69) is 0 Å². The molecule has 3 atom stereocenters. The van der Waals surface area contributed by atoms with Crippen LogP contribution in [0.25, 0.3) is 11.1 Å². The number of ketones is 3. The maximum atomic E-state index is 13.1. The largest absolute Gasteiger partial charge is 0.507 e. The fourth-order valence-electron chi connectivity index (χ4n) is 5.06. The second-order valence-electron chi connectivity index (χ2n) is 9.05. The summed E-state index contributed by atoms with van der Waals surface area (Å²) in [7, 11) is 1.59. The molecule has 2 aromatic carbocycles. The third-order valence-corrected chi connectivity index (χ3v) is 6.68. The Kier molecular flexibility index (Phi) is 10.1. The molecule has 0 saturated heterocycles. The van der Waals surface area contributed by atoms with Crippen molar-refractivity contribution < 1.29 is 42.8 Å². The van der Waals surface area contributed by atoms with Gasteiger partial charge in [0.25, 0.3) is 0 Å². The van der Waals surface area contributed by atoms with Crippen LogP contribution in [0.4, 0.5) is 0 Å². The van der Waals surface area contributed by atoms with Gasteiger partial charge in [-0.05, 0) is 72.9 Å². The van der Waals surface area contributed by atoms with Crippen LogP contribution in [0.5, 0.6) is 11.5 Å². The number of phenols is 1. The van der Waals surface area contributed by atoms with E-state index in [4.69, 9.17) is 4.74 Å². The number of rotatable bonds is 11. The standard InChI is InChI=1S/C27H32O7.H2O.2H2/c1-16(30)11-25(32)23(15-29)19(9-10-28)12-17-13-22-21(18-3-5-20(34-2)6-4-18)7-8-24(31)27(22)26(33)14-17;;;/h3-8,17,19,23,28-29,31H,9-15H2,1-2H3;1H2;2*1H. The monoisotopic (exact) mass is 490 g/mol. The number of benzene rings is 2. The molecule has 0 heterocycles. The number of phenolic OH excluding ortho intramolecular Hbond substituents is 1. The summed E-state index contributed by atoms with van der Waals surface area (Å²) in [5, 5.41) is 29.9. The quantitative estimate of drug-likeness (QED) is 0.409. The third-order valence-electron chi connectivity index (χ3n) is 6.68. The lowest BCUT2D eigenvalue weighted by atomic mass is 9.72. The fraction of sp³-hybridized carbons (Fsp3) is 0.444.